The van der Waals surface area contributed by atoms with E-state index < -0.39 is 5.60 Å². The second-order valence-electron chi connectivity index (χ2n) is 6.72. The minimum atomic E-state index is -0.659. The Labute approximate surface area is 128 Å². The number of hydrogen-bond acceptors (Lipinski definition) is 2. The van der Waals surface area contributed by atoms with Gasteiger partial charge >= 0.3 is 0 Å². The molecule has 1 atom stereocenters. The van der Waals surface area contributed by atoms with E-state index in [0.717, 1.165) is 32.1 Å². The fraction of sp³-hybridized carbons (Fsp3) is 0.611. The van der Waals surface area contributed by atoms with Gasteiger partial charge in [0.05, 0.1) is 5.60 Å². The summed E-state index contributed by atoms with van der Waals surface area (Å²) in [5, 5.41) is 10.4. The van der Waals surface area contributed by atoms with Crippen LogP contribution < -0.4 is 0 Å². The van der Waals surface area contributed by atoms with Gasteiger partial charge in [0.15, 0.2) is 0 Å². The van der Waals surface area contributed by atoms with Crippen molar-refractivity contribution in [3.63, 3.8) is 0 Å². The Bertz CT molecular complexity index is 474. The third-order valence-electron chi connectivity index (χ3n) is 4.53. The molecule has 1 fully saturated rings. The maximum absolute atomic E-state index is 12.5. The van der Waals surface area contributed by atoms with Crippen molar-refractivity contribution in [2.24, 2.45) is 5.92 Å². The molecule has 116 valence electrons. The molecular weight excluding hydrogens is 262 g/mol. The normalized spacial score (nSPS) is 18.5. The number of amides is 1. The standard InChI is InChI=1S/C18H27NO2/c1-14-6-8-16(9-7-14)12-15(2)17(20)19(3)13-18(21)10-4-5-11-18/h6-9,15,21H,4-5,10-13H2,1-3H3. The van der Waals surface area contributed by atoms with Crippen LogP contribution in [0.4, 0.5) is 0 Å². The van der Waals surface area contributed by atoms with Gasteiger partial charge in [-0.05, 0) is 31.7 Å². The SMILES string of the molecule is Cc1ccc(CC(C)C(=O)N(C)CC2(O)CCCC2)cc1. The topological polar surface area (TPSA) is 40.5 Å². The van der Waals surface area contributed by atoms with Gasteiger partial charge in [-0.1, -0.05) is 49.6 Å². The van der Waals surface area contributed by atoms with Crippen molar-refractivity contribution in [2.45, 2.75) is 51.6 Å². The molecular formula is C18H27NO2. The van der Waals surface area contributed by atoms with Crippen LogP contribution in [0.2, 0.25) is 0 Å². The summed E-state index contributed by atoms with van der Waals surface area (Å²) < 4.78 is 0. The highest BCUT2D eigenvalue weighted by atomic mass is 16.3. The summed E-state index contributed by atoms with van der Waals surface area (Å²) in [6, 6.07) is 8.34. The van der Waals surface area contributed by atoms with Crippen LogP contribution in [0.3, 0.4) is 0 Å². The van der Waals surface area contributed by atoms with E-state index in [1.54, 1.807) is 4.90 Å². The van der Waals surface area contributed by atoms with Gasteiger partial charge in [0.25, 0.3) is 0 Å². The second-order valence-corrected chi connectivity index (χ2v) is 6.72. The van der Waals surface area contributed by atoms with Crippen molar-refractivity contribution >= 4 is 5.91 Å². The summed E-state index contributed by atoms with van der Waals surface area (Å²) >= 11 is 0. The molecule has 3 heteroatoms. The van der Waals surface area contributed by atoms with Crippen LogP contribution >= 0.6 is 0 Å². The lowest BCUT2D eigenvalue weighted by molar-refractivity contribution is -0.136. The van der Waals surface area contributed by atoms with Gasteiger partial charge in [0, 0.05) is 19.5 Å². The fourth-order valence-electron chi connectivity index (χ4n) is 3.25. The molecule has 1 aliphatic carbocycles. The average Bonchev–Trinajstić information content (AvgIpc) is 2.86. The Kier molecular flexibility index (Phi) is 5.04. The third-order valence-corrected chi connectivity index (χ3v) is 4.53. The largest absolute Gasteiger partial charge is 0.388 e. The van der Waals surface area contributed by atoms with Crippen molar-refractivity contribution < 1.29 is 9.90 Å². The Hall–Kier alpha value is -1.35. The lowest BCUT2D eigenvalue weighted by Gasteiger charge is -2.30. The maximum atomic E-state index is 12.5. The van der Waals surface area contributed by atoms with Gasteiger partial charge in [0.2, 0.25) is 5.91 Å². The monoisotopic (exact) mass is 289 g/mol. The Morgan fingerprint density at radius 3 is 2.43 bits per heavy atom. The smallest absolute Gasteiger partial charge is 0.225 e. The molecule has 1 saturated carbocycles. The average molecular weight is 289 g/mol. The van der Waals surface area contributed by atoms with Crippen LogP contribution in [0.25, 0.3) is 0 Å². The molecule has 21 heavy (non-hydrogen) atoms. The maximum Gasteiger partial charge on any atom is 0.225 e. The van der Waals surface area contributed by atoms with Gasteiger partial charge in [-0.15, -0.1) is 0 Å². The molecule has 0 heterocycles. The molecule has 1 amide bonds. The second kappa shape index (κ2) is 6.61. The first-order chi connectivity index (χ1) is 9.89. The van der Waals surface area contributed by atoms with E-state index >= 15 is 0 Å². The lowest BCUT2D eigenvalue weighted by atomic mass is 9.97. The first kappa shape index (κ1) is 16.0. The molecule has 0 bridgehead atoms. The fourth-order valence-corrected chi connectivity index (χ4v) is 3.25. The van der Waals surface area contributed by atoms with Crippen LogP contribution in [-0.4, -0.2) is 35.1 Å². The number of hydrogen-bond donors (Lipinski definition) is 1. The van der Waals surface area contributed by atoms with Crippen molar-refractivity contribution in [3.8, 4) is 0 Å². The van der Waals surface area contributed by atoms with Gasteiger partial charge < -0.3 is 10.0 Å². The van der Waals surface area contributed by atoms with E-state index in [0.29, 0.717) is 6.54 Å². The van der Waals surface area contributed by atoms with Gasteiger partial charge in [-0.3, -0.25) is 4.79 Å². The minimum absolute atomic E-state index is 0.0530. The molecule has 1 aliphatic rings. The van der Waals surface area contributed by atoms with Gasteiger partial charge in [-0.25, -0.2) is 0 Å². The van der Waals surface area contributed by atoms with Crippen LogP contribution in [0, 0.1) is 12.8 Å². The highest BCUT2D eigenvalue weighted by Crippen LogP contribution is 2.30. The summed E-state index contributed by atoms with van der Waals surface area (Å²) in [6.07, 6.45) is 4.52. The van der Waals surface area contributed by atoms with Crippen LogP contribution in [0.5, 0.6) is 0 Å². The van der Waals surface area contributed by atoms with Crippen LogP contribution in [-0.2, 0) is 11.2 Å². The molecule has 1 aromatic rings. The van der Waals surface area contributed by atoms with E-state index in [1.165, 1.54) is 11.1 Å². The summed E-state index contributed by atoms with van der Waals surface area (Å²) in [7, 11) is 1.81. The molecule has 1 N–H and O–H groups in total. The van der Waals surface area contributed by atoms with Crippen molar-refractivity contribution in [3.05, 3.63) is 35.4 Å². The zero-order chi connectivity index (χ0) is 15.5. The molecule has 1 aromatic carbocycles. The quantitative estimate of drug-likeness (QED) is 0.905. The summed E-state index contributed by atoms with van der Waals surface area (Å²) in [5.74, 6) is 0.0682. The zero-order valence-corrected chi connectivity index (χ0v) is 13.4. The van der Waals surface area contributed by atoms with E-state index in [9.17, 15) is 9.90 Å². The first-order valence-electron chi connectivity index (χ1n) is 7.92. The number of likely N-dealkylation sites (N-methyl/N-ethyl adjacent to an activating group) is 1. The number of rotatable bonds is 5. The molecule has 0 aromatic heterocycles. The Balaban J connectivity index is 1.90. The summed E-state index contributed by atoms with van der Waals surface area (Å²) in [4.78, 5) is 14.2. The molecule has 1 unspecified atom stereocenters. The third kappa shape index (κ3) is 4.31. The molecule has 0 radical (unpaired) electrons. The number of benzene rings is 1. The molecule has 3 nitrogen and oxygen atoms in total. The summed E-state index contributed by atoms with van der Waals surface area (Å²) in [5.41, 5.74) is 1.77. The number of carbonyl (C=O) groups excluding carboxylic acids is 1. The first-order valence-corrected chi connectivity index (χ1v) is 7.92. The molecule has 0 aliphatic heterocycles. The number of aryl methyl sites for hydroxylation is 1. The number of nitrogens with zero attached hydrogens (tertiary/aromatic N) is 1. The minimum Gasteiger partial charge on any atom is -0.388 e. The van der Waals surface area contributed by atoms with Crippen LogP contribution in [0.1, 0.15) is 43.7 Å². The predicted molar refractivity (Wildman–Crippen MR) is 85.1 cm³/mol. The van der Waals surface area contributed by atoms with E-state index in [1.807, 2.05) is 14.0 Å². The van der Waals surface area contributed by atoms with Crippen molar-refractivity contribution in [1.82, 2.24) is 4.90 Å². The Morgan fingerprint density at radius 2 is 1.86 bits per heavy atom. The van der Waals surface area contributed by atoms with E-state index in [-0.39, 0.29) is 11.8 Å². The van der Waals surface area contributed by atoms with Gasteiger partial charge in [0.1, 0.15) is 0 Å². The van der Waals surface area contributed by atoms with Crippen molar-refractivity contribution in [2.75, 3.05) is 13.6 Å². The molecule has 2 rings (SSSR count). The number of carbonyl (C=O) groups is 1. The highest BCUT2D eigenvalue weighted by Gasteiger charge is 2.34. The predicted octanol–water partition coefficient (Wildman–Crippen LogP) is 2.94. The van der Waals surface area contributed by atoms with E-state index in [4.69, 9.17) is 0 Å². The van der Waals surface area contributed by atoms with E-state index in [2.05, 4.69) is 31.2 Å². The van der Waals surface area contributed by atoms with Gasteiger partial charge in [-0.2, -0.15) is 0 Å². The highest BCUT2D eigenvalue weighted by molar-refractivity contribution is 5.78. The molecule has 0 spiro atoms. The number of aliphatic hydroxyl groups is 1. The Morgan fingerprint density at radius 1 is 1.29 bits per heavy atom. The zero-order valence-electron chi connectivity index (χ0n) is 13.4. The van der Waals surface area contributed by atoms with Crippen LogP contribution in [0.15, 0.2) is 24.3 Å². The van der Waals surface area contributed by atoms with Crippen molar-refractivity contribution in [1.29, 1.82) is 0 Å². The molecule has 0 saturated heterocycles. The lowest BCUT2D eigenvalue weighted by Crippen LogP contribution is -2.44. The summed E-state index contributed by atoms with van der Waals surface area (Å²) in [6.45, 7) is 4.50.